The van der Waals surface area contributed by atoms with E-state index in [9.17, 15) is 14.4 Å². The Morgan fingerprint density at radius 3 is 1.93 bits per heavy atom. The Kier molecular flexibility index (Phi) is 12.0. The second kappa shape index (κ2) is 14.0. The second-order valence-electron chi connectivity index (χ2n) is 6.97. The van der Waals surface area contributed by atoms with E-state index < -0.39 is 48.6 Å². The summed E-state index contributed by atoms with van der Waals surface area (Å²) in [5.41, 5.74) is 0. The molecular weight excluding hydrogens is 396 g/mol. The monoisotopic (exact) mass is 428 g/mol. The van der Waals surface area contributed by atoms with E-state index in [1.54, 1.807) is 6.92 Å². The zero-order chi connectivity index (χ0) is 22.5. The third-order valence-corrected chi connectivity index (χ3v) is 4.28. The van der Waals surface area contributed by atoms with Gasteiger partial charge in [0.05, 0.1) is 6.10 Å². The number of esters is 3. The van der Waals surface area contributed by atoms with Gasteiger partial charge in [-0.2, -0.15) is 0 Å². The van der Waals surface area contributed by atoms with E-state index in [-0.39, 0.29) is 0 Å². The van der Waals surface area contributed by atoms with Crippen LogP contribution in [-0.2, 0) is 42.8 Å². The number of carbonyl (C=O) groups is 3. The minimum Gasteiger partial charge on any atom is -0.456 e. The van der Waals surface area contributed by atoms with Crippen LogP contribution in [0, 0.1) is 12.3 Å². The summed E-state index contributed by atoms with van der Waals surface area (Å²) >= 11 is 0. The van der Waals surface area contributed by atoms with Crippen molar-refractivity contribution in [3.8, 4) is 12.3 Å². The van der Waals surface area contributed by atoms with Gasteiger partial charge >= 0.3 is 17.9 Å². The summed E-state index contributed by atoms with van der Waals surface area (Å²) in [6, 6.07) is 0. The van der Waals surface area contributed by atoms with Gasteiger partial charge in [-0.3, -0.25) is 14.4 Å². The van der Waals surface area contributed by atoms with E-state index >= 15 is 0 Å². The van der Waals surface area contributed by atoms with Crippen LogP contribution >= 0.6 is 0 Å². The summed E-state index contributed by atoms with van der Waals surface area (Å²) in [6.07, 6.45) is 3.98. The van der Waals surface area contributed by atoms with Gasteiger partial charge in [0, 0.05) is 34.0 Å². The van der Waals surface area contributed by atoms with Crippen molar-refractivity contribution in [2.24, 2.45) is 0 Å². The first kappa shape index (κ1) is 25.9. The lowest BCUT2D eigenvalue weighted by Crippen LogP contribution is -2.61. The van der Waals surface area contributed by atoms with Crippen LogP contribution in [0.1, 0.15) is 53.4 Å². The van der Waals surface area contributed by atoms with E-state index in [1.165, 1.54) is 20.8 Å². The highest BCUT2D eigenvalue weighted by Gasteiger charge is 2.50. The van der Waals surface area contributed by atoms with Crippen LogP contribution in [0.4, 0.5) is 0 Å². The van der Waals surface area contributed by atoms with Crippen molar-refractivity contribution in [2.75, 3.05) is 19.8 Å². The number of terminal acetylenes is 1. The maximum absolute atomic E-state index is 11.6. The normalized spacial score (nSPS) is 25.8. The molecule has 1 fully saturated rings. The standard InChI is InChI=1S/C21H32O9/c1-6-11-25-12-9-7-8-10-13-26-21-20(30-17(5)24)19(29-16(4)23)18(14(2)27-21)28-15(3)22/h1,14,18-21H,7-13H2,2-5H3. The van der Waals surface area contributed by atoms with Crippen molar-refractivity contribution in [3.05, 3.63) is 0 Å². The van der Waals surface area contributed by atoms with Gasteiger partial charge in [0.1, 0.15) is 6.61 Å². The van der Waals surface area contributed by atoms with Gasteiger partial charge in [0.15, 0.2) is 24.6 Å². The zero-order valence-electron chi connectivity index (χ0n) is 18.1. The molecule has 1 aliphatic rings. The fourth-order valence-electron chi connectivity index (χ4n) is 3.09. The topological polar surface area (TPSA) is 107 Å². The molecule has 0 spiro atoms. The molecule has 0 aromatic carbocycles. The smallest absolute Gasteiger partial charge is 0.303 e. The third-order valence-electron chi connectivity index (χ3n) is 4.28. The molecular formula is C21H32O9. The number of carbonyl (C=O) groups excluding carboxylic acids is 3. The van der Waals surface area contributed by atoms with E-state index in [2.05, 4.69) is 5.92 Å². The van der Waals surface area contributed by atoms with Crippen LogP contribution in [0.25, 0.3) is 0 Å². The highest BCUT2D eigenvalue weighted by Crippen LogP contribution is 2.29. The SMILES string of the molecule is C#CCOCCCCCCOC1OC(C)C(OC(C)=O)C(OC(C)=O)C1OC(C)=O. The highest BCUT2D eigenvalue weighted by molar-refractivity contribution is 5.68. The zero-order valence-corrected chi connectivity index (χ0v) is 18.1. The second-order valence-corrected chi connectivity index (χ2v) is 6.97. The first-order valence-electron chi connectivity index (χ1n) is 10.1. The lowest BCUT2D eigenvalue weighted by Gasteiger charge is -2.43. The summed E-state index contributed by atoms with van der Waals surface area (Å²) in [6.45, 7) is 6.63. The number of unbranched alkanes of at least 4 members (excludes halogenated alkanes) is 3. The van der Waals surface area contributed by atoms with E-state index in [0.717, 1.165) is 25.7 Å². The molecule has 0 N–H and O–H groups in total. The molecule has 1 heterocycles. The van der Waals surface area contributed by atoms with Gasteiger partial charge in [-0.1, -0.05) is 18.8 Å². The molecule has 0 aliphatic carbocycles. The van der Waals surface area contributed by atoms with E-state index in [0.29, 0.717) is 19.8 Å². The Balaban J connectivity index is 2.67. The van der Waals surface area contributed by atoms with Gasteiger partial charge in [-0.15, -0.1) is 6.42 Å². The van der Waals surface area contributed by atoms with Crippen molar-refractivity contribution in [1.82, 2.24) is 0 Å². The number of rotatable bonds is 12. The van der Waals surface area contributed by atoms with Gasteiger partial charge < -0.3 is 28.4 Å². The minimum atomic E-state index is -1.07. The Labute approximate surface area is 177 Å². The largest absolute Gasteiger partial charge is 0.456 e. The fourth-order valence-corrected chi connectivity index (χ4v) is 3.09. The van der Waals surface area contributed by atoms with Crippen LogP contribution < -0.4 is 0 Å². The molecule has 5 unspecified atom stereocenters. The quantitative estimate of drug-likeness (QED) is 0.199. The predicted octanol–water partition coefficient (Wildman–Crippen LogP) is 1.75. The molecule has 30 heavy (non-hydrogen) atoms. The van der Waals surface area contributed by atoms with Crippen molar-refractivity contribution < 1.29 is 42.8 Å². The summed E-state index contributed by atoms with van der Waals surface area (Å²) in [4.78, 5) is 34.7. The van der Waals surface area contributed by atoms with Crippen molar-refractivity contribution in [3.63, 3.8) is 0 Å². The molecule has 1 saturated heterocycles. The molecule has 0 amide bonds. The van der Waals surface area contributed by atoms with Crippen molar-refractivity contribution >= 4 is 17.9 Å². The molecule has 0 radical (unpaired) electrons. The summed E-state index contributed by atoms with van der Waals surface area (Å²) < 4.78 is 32.7. The maximum atomic E-state index is 11.6. The number of hydrogen-bond donors (Lipinski definition) is 0. The molecule has 1 rings (SSSR count). The highest BCUT2D eigenvalue weighted by atomic mass is 16.7. The van der Waals surface area contributed by atoms with Gasteiger partial charge in [-0.25, -0.2) is 0 Å². The van der Waals surface area contributed by atoms with Gasteiger partial charge in [0.2, 0.25) is 0 Å². The lowest BCUT2D eigenvalue weighted by molar-refractivity contribution is -0.300. The molecule has 9 nitrogen and oxygen atoms in total. The van der Waals surface area contributed by atoms with Crippen LogP contribution in [-0.4, -0.2) is 68.4 Å². The Hall–Kier alpha value is -2.15. The van der Waals surface area contributed by atoms with Crippen LogP contribution in [0.5, 0.6) is 0 Å². The fraction of sp³-hybridized carbons (Fsp3) is 0.762. The molecule has 9 heteroatoms. The Morgan fingerprint density at radius 1 is 0.833 bits per heavy atom. The van der Waals surface area contributed by atoms with E-state index in [4.69, 9.17) is 34.8 Å². The van der Waals surface area contributed by atoms with Crippen LogP contribution in [0.15, 0.2) is 0 Å². The van der Waals surface area contributed by atoms with Crippen LogP contribution in [0.3, 0.4) is 0 Å². The average Bonchev–Trinajstić information content (AvgIpc) is 2.65. The van der Waals surface area contributed by atoms with Gasteiger partial charge in [0.25, 0.3) is 0 Å². The minimum absolute atomic E-state index is 0.315. The molecule has 5 atom stereocenters. The molecule has 1 aliphatic heterocycles. The Morgan fingerprint density at radius 2 is 1.37 bits per heavy atom. The van der Waals surface area contributed by atoms with Crippen molar-refractivity contribution in [2.45, 2.75) is 84.1 Å². The molecule has 0 aromatic heterocycles. The first-order chi connectivity index (χ1) is 14.3. The molecule has 0 saturated carbocycles. The lowest BCUT2D eigenvalue weighted by atomic mass is 9.99. The summed E-state index contributed by atoms with van der Waals surface area (Å²) in [5.74, 6) is 0.642. The molecule has 170 valence electrons. The number of ether oxygens (including phenoxy) is 6. The number of hydrogen-bond acceptors (Lipinski definition) is 9. The Bertz CT molecular complexity index is 598. The van der Waals surface area contributed by atoms with Crippen molar-refractivity contribution in [1.29, 1.82) is 0 Å². The average molecular weight is 428 g/mol. The first-order valence-corrected chi connectivity index (χ1v) is 10.1. The third kappa shape index (κ3) is 9.57. The predicted molar refractivity (Wildman–Crippen MR) is 105 cm³/mol. The summed E-state index contributed by atoms with van der Waals surface area (Å²) in [7, 11) is 0. The van der Waals surface area contributed by atoms with E-state index in [1.807, 2.05) is 0 Å². The summed E-state index contributed by atoms with van der Waals surface area (Å²) in [5, 5.41) is 0. The molecule has 0 bridgehead atoms. The van der Waals surface area contributed by atoms with Crippen LogP contribution in [0.2, 0.25) is 0 Å². The maximum Gasteiger partial charge on any atom is 0.303 e. The molecule has 0 aromatic rings. The van der Waals surface area contributed by atoms with Gasteiger partial charge in [-0.05, 0) is 19.8 Å².